The molecule has 5 rings (SSSR count). The van der Waals surface area contributed by atoms with Crippen molar-refractivity contribution < 1.29 is 19.0 Å². The fraction of sp³-hybridized carbons (Fsp3) is 0.323. The monoisotopic (exact) mass is 583 g/mol. The summed E-state index contributed by atoms with van der Waals surface area (Å²) in [6.45, 7) is 5.54. The summed E-state index contributed by atoms with van der Waals surface area (Å²) < 4.78 is 23.6. The molecule has 0 amide bonds. The van der Waals surface area contributed by atoms with E-state index in [4.69, 9.17) is 20.7 Å². The minimum atomic E-state index is -1.22. The molecule has 2 aromatic heterocycles. The van der Waals surface area contributed by atoms with Crippen LogP contribution in [0, 0.1) is 17.1 Å². The van der Waals surface area contributed by atoms with Gasteiger partial charge in [0, 0.05) is 43.7 Å². The molecule has 0 spiro atoms. The number of hydrogen-bond acceptors (Lipinski definition) is 9. The van der Waals surface area contributed by atoms with Gasteiger partial charge < -0.3 is 29.5 Å². The Morgan fingerprint density at radius 3 is 2.79 bits per heavy atom. The predicted octanol–water partition coefficient (Wildman–Crippen LogP) is 2.73. The SMILES string of the molecule is CCn1cncc1Cn1c(CN2CCC(N=C/C=C(\N)OCc3ccc(C#N)cc3F)CC2)nc2ccc(C(=O)[O-])cc21. The number of nitriles is 1. The maximum Gasteiger partial charge on any atom is 0.185 e. The van der Waals surface area contributed by atoms with Gasteiger partial charge >= 0.3 is 0 Å². The average molecular weight is 584 g/mol. The molecule has 0 saturated carbocycles. The second kappa shape index (κ2) is 13.3. The zero-order chi connectivity index (χ0) is 30.3. The number of carboxylic acid groups (broad SMARTS) is 1. The first kappa shape index (κ1) is 29.5. The molecular weight excluding hydrogens is 551 g/mol. The zero-order valence-corrected chi connectivity index (χ0v) is 23.8. The van der Waals surface area contributed by atoms with E-state index in [9.17, 15) is 14.3 Å². The Hall–Kier alpha value is -5.02. The quantitative estimate of drug-likeness (QED) is 0.209. The number of piperidine rings is 1. The number of carbonyl (C=O) groups is 1. The molecule has 12 heteroatoms. The van der Waals surface area contributed by atoms with Crippen molar-refractivity contribution >= 4 is 23.2 Å². The van der Waals surface area contributed by atoms with Gasteiger partial charge in [-0.05, 0) is 49.6 Å². The summed E-state index contributed by atoms with van der Waals surface area (Å²) in [5.74, 6) is -0.767. The predicted molar refractivity (Wildman–Crippen MR) is 156 cm³/mol. The van der Waals surface area contributed by atoms with Crippen LogP contribution in [0.5, 0.6) is 0 Å². The average Bonchev–Trinajstić information content (AvgIpc) is 3.60. The summed E-state index contributed by atoms with van der Waals surface area (Å²) in [6.07, 6.45) is 8.48. The summed E-state index contributed by atoms with van der Waals surface area (Å²) in [5, 5.41) is 20.4. The first-order valence-electron chi connectivity index (χ1n) is 14.1. The Bertz CT molecular complexity index is 1710. The number of imidazole rings is 2. The number of aromatic nitrogens is 4. The van der Waals surface area contributed by atoms with Crippen LogP contribution in [0.3, 0.4) is 0 Å². The molecule has 1 saturated heterocycles. The number of aliphatic imine (C=N–C) groups is 1. The number of fused-ring (bicyclic) bond motifs is 1. The summed E-state index contributed by atoms with van der Waals surface area (Å²) in [5.41, 5.74) is 9.06. The number of carbonyl (C=O) groups excluding carboxylic acids is 1. The number of ether oxygens (including phenoxy) is 1. The molecule has 1 aliphatic rings. The van der Waals surface area contributed by atoms with Gasteiger partial charge in [-0.25, -0.2) is 14.4 Å². The van der Waals surface area contributed by atoms with Crippen LogP contribution in [0.4, 0.5) is 4.39 Å². The molecular formula is C31H32FN8O3-. The molecule has 0 bridgehead atoms. The maximum absolute atomic E-state index is 14.0. The molecule has 4 aromatic rings. The number of benzene rings is 2. The smallest absolute Gasteiger partial charge is 0.185 e. The Labute approximate surface area is 248 Å². The summed E-state index contributed by atoms with van der Waals surface area (Å²) in [7, 11) is 0. The van der Waals surface area contributed by atoms with Crippen molar-refractivity contribution in [2.24, 2.45) is 10.7 Å². The second-order valence-electron chi connectivity index (χ2n) is 10.4. The summed E-state index contributed by atoms with van der Waals surface area (Å²) in [6, 6.07) is 11.1. The van der Waals surface area contributed by atoms with Crippen molar-refractivity contribution in [3.63, 3.8) is 0 Å². The number of nitrogens with zero attached hydrogens (tertiary/aromatic N) is 7. The van der Waals surface area contributed by atoms with Gasteiger partial charge in [0.2, 0.25) is 0 Å². The topological polar surface area (TPSA) is 150 Å². The summed E-state index contributed by atoms with van der Waals surface area (Å²) in [4.78, 5) is 27.6. The van der Waals surface area contributed by atoms with Crippen molar-refractivity contribution in [2.75, 3.05) is 13.1 Å². The number of hydrogen-bond donors (Lipinski definition) is 1. The van der Waals surface area contributed by atoms with Crippen LogP contribution in [-0.4, -0.2) is 55.3 Å². The van der Waals surface area contributed by atoms with Crippen LogP contribution in [-0.2, 0) is 31.0 Å². The number of halogens is 1. The van der Waals surface area contributed by atoms with E-state index in [1.54, 1.807) is 30.8 Å². The van der Waals surface area contributed by atoms with Crippen molar-refractivity contribution in [1.29, 1.82) is 5.26 Å². The first-order chi connectivity index (χ1) is 20.8. The molecule has 222 valence electrons. The standard InChI is InChI=1S/C31H33FN8O3/c1-2-39-20-35-16-25(39)17-40-28-14-22(31(41)42)5-6-27(28)37-30(40)18-38-11-8-24(9-12-38)36-10-7-29(34)43-19-23-4-3-21(15-33)13-26(23)32/h3-7,10,13-14,16,20,24H,2,8-9,11-12,17-19,34H2,1H3,(H,41,42)/p-1/b29-7+,36-10?. The van der Waals surface area contributed by atoms with Gasteiger partial charge in [0.15, 0.2) is 5.88 Å². The first-order valence-corrected chi connectivity index (χ1v) is 14.1. The van der Waals surface area contributed by atoms with Crippen molar-refractivity contribution in [3.05, 3.63) is 94.9 Å². The van der Waals surface area contributed by atoms with E-state index in [0.29, 0.717) is 18.7 Å². The number of rotatable bonds is 11. The number of aryl methyl sites for hydroxylation is 1. The van der Waals surface area contributed by atoms with E-state index in [1.165, 1.54) is 18.2 Å². The Morgan fingerprint density at radius 2 is 2.07 bits per heavy atom. The van der Waals surface area contributed by atoms with E-state index in [0.717, 1.165) is 61.1 Å². The Morgan fingerprint density at radius 1 is 1.26 bits per heavy atom. The lowest BCUT2D eigenvalue weighted by molar-refractivity contribution is -0.255. The molecule has 0 radical (unpaired) electrons. The number of aromatic carboxylic acids is 1. The van der Waals surface area contributed by atoms with Crippen LogP contribution >= 0.6 is 0 Å². The van der Waals surface area contributed by atoms with Crippen LogP contribution in [0.1, 0.15) is 52.8 Å². The fourth-order valence-electron chi connectivity index (χ4n) is 5.13. The molecule has 0 atom stereocenters. The largest absolute Gasteiger partial charge is 0.545 e. The lowest BCUT2D eigenvalue weighted by Gasteiger charge is -2.30. The van der Waals surface area contributed by atoms with Gasteiger partial charge in [-0.3, -0.25) is 9.89 Å². The second-order valence-corrected chi connectivity index (χ2v) is 10.4. The number of carboxylic acids is 1. The normalized spacial score (nSPS) is 14.9. The van der Waals surface area contributed by atoms with Crippen LogP contribution < -0.4 is 10.8 Å². The number of nitrogens with two attached hydrogens (primary N) is 1. The molecule has 2 N–H and O–H groups in total. The van der Waals surface area contributed by atoms with Gasteiger partial charge in [-0.1, -0.05) is 12.1 Å². The highest BCUT2D eigenvalue weighted by atomic mass is 19.1. The molecule has 3 heterocycles. The number of likely N-dealkylation sites (tertiary alicyclic amines) is 1. The third kappa shape index (κ3) is 7.07. The van der Waals surface area contributed by atoms with E-state index in [2.05, 4.69) is 30.9 Å². The molecule has 1 aliphatic heterocycles. The van der Waals surface area contributed by atoms with E-state index < -0.39 is 11.8 Å². The Kier molecular flexibility index (Phi) is 9.12. The van der Waals surface area contributed by atoms with E-state index >= 15 is 0 Å². The third-order valence-corrected chi connectivity index (χ3v) is 7.56. The van der Waals surface area contributed by atoms with Gasteiger partial charge in [0.05, 0.1) is 59.8 Å². The number of allylic oxidation sites excluding steroid dienone is 1. The Balaban J connectivity index is 1.20. The van der Waals surface area contributed by atoms with Crippen LogP contribution in [0.25, 0.3) is 11.0 Å². The molecule has 2 aromatic carbocycles. The highest BCUT2D eigenvalue weighted by molar-refractivity contribution is 5.91. The molecule has 11 nitrogen and oxygen atoms in total. The van der Waals surface area contributed by atoms with Gasteiger partial charge in [-0.2, -0.15) is 5.26 Å². The lowest BCUT2D eigenvalue weighted by atomic mass is 10.1. The van der Waals surface area contributed by atoms with Gasteiger partial charge in [0.25, 0.3) is 0 Å². The van der Waals surface area contributed by atoms with Crippen molar-refractivity contribution in [3.8, 4) is 6.07 Å². The lowest BCUT2D eigenvalue weighted by Crippen LogP contribution is -2.35. The minimum Gasteiger partial charge on any atom is -0.545 e. The van der Waals surface area contributed by atoms with Crippen molar-refractivity contribution in [1.82, 2.24) is 24.0 Å². The molecule has 0 unspecified atom stereocenters. The van der Waals surface area contributed by atoms with Gasteiger partial charge in [0.1, 0.15) is 18.2 Å². The maximum atomic E-state index is 14.0. The molecule has 0 aliphatic carbocycles. The molecule has 43 heavy (non-hydrogen) atoms. The van der Waals surface area contributed by atoms with E-state index in [1.807, 2.05) is 12.3 Å². The fourth-order valence-corrected chi connectivity index (χ4v) is 5.13. The zero-order valence-electron chi connectivity index (χ0n) is 23.8. The van der Waals surface area contributed by atoms with Gasteiger partial charge in [-0.15, -0.1) is 0 Å². The van der Waals surface area contributed by atoms with Crippen LogP contribution in [0.15, 0.2) is 65.9 Å². The van der Waals surface area contributed by atoms with Crippen molar-refractivity contribution in [2.45, 2.75) is 52.0 Å². The van der Waals surface area contributed by atoms with E-state index in [-0.39, 0.29) is 29.7 Å². The highest BCUT2D eigenvalue weighted by Gasteiger charge is 2.21. The summed E-state index contributed by atoms with van der Waals surface area (Å²) >= 11 is 0. The highest BCUT2D eigenvalue weighted by Crippen LogP contribution is 2.23. The van der Waals surface area contributed by atoms with Crippen LogP contribution in [0.2, 0.25) is 0 Å². The third-order valence-electron chi connectivity index (χ3n) is 7.56. The molecule has 1 fully saturated rings. The minimum absolute atomic E-state index is 0.0494.